The molecule has 1 aliphatic heterocycles. The van der Waals surface area contributed by atoms with E-state index in [0.717, 1.165) is 0 Å². The maximum Gasteiger partial charge on any atom is 0.276 e. The number of benzene rings is 1. The van der Waals surface area contributed by atoms with E-state index in [4.69, 9.17) is 4.52 Å². The summed E-state index contributed by atoms with van der Waals surface area (Å²) in [6.07, 6.45) is 2.80. The Morgan fingerprint density at radius 3 is 2.52 bits per heavy atom. The van der Waals surface area contributed by atoms with Crippen LogP contribution in [0.2, 0.25) is 0 Å². The molecule has 0 radical (unpaired) electrons. The Morgan fingerprint density at radius 2 is 1.83 bits per heavy atom. The Morgan fingerprint density at radius 1 is 1.07 bits per heavy atom. The number of hydrogen-bond acceptors (Lipinski definition) is 6. The molecule has 0 saturated carbocycles. The standard InChI is InChI=1S/C19H17FN4O4S/c20-16-6-2-1-5-15(16)18-12-17(22-28-18)19(25)23-8-10-24(11-9-23)29(26,27)14-4-3-7-21-13-14/h1-7,12-13H,8-11H2. The van der Waals surface area contributed by atoms with Crippen molar-refractivity contribution in [3.8, 4) is 11.3 Å². The first kappa shape index (κ1) is 19.2. The second kappa shape index (κ2) is 7.72. The van der Waals surface area contributed by atoms with Gasteiger partial charge in [-0.1, -0.05) is 17.3 Å². The second-order valence-corrected chi connectivity index (χ2v) is 8.38. The molecule has 8 nitrogen and oxygen atoms in total. The SMILES string of the molecule is O=C(c1cc(-c2ccccc2F)on1)N1CCN(S(=O)(=O)c2cccnc2)CC1. The van der Waals surface area contributed by atoms with Crippen molar-refractivity contribution in [1.82, 2.24) is 19.3 Å². The van der Waals surface area contributed by atoms with Crippen LogP contribution >= 0.6 is 0 Å². The number of pyridine rings is 1. The van der Waals surface area contributed by atoms with Gasteiger partial charge < -0.3 is 9.42 Å². The Bertz CT molecular complexity index is 1130. The molecule has 1 amide bonds. The van der Waals surface area contributed by atoms with Gasteiger partial charge in [-0.2, -0.15) is 4.31 Å². The van der Waals surface area contributed by atoms with Gasteiger partial charge in [0.1, 0.15) is 10.7 Å². The number of carbonyl (C=O) groups is 1. The molecule has 0 bridgehead atoms. The van der Waals surface area contributed by atoms with Crippen LogP contribution in [0.25, 0.3) is 11.3 Å². The minimum absolute atomic E-state index is 0.0480. The minimum Gasteiger partial charge on any atom is -0.355 e. The van der Waals surface area contributed by atoms with Gasteiger partial charge in [-0.15, -0.1) is 0 Å². The average Bonchev–Trinajstić information content (AvgIpc) is 3.24. The summed E-state index contributed by atoms with van der Waals surface area (Å²) in [5.74, 6) is -0.712. The molecule has 1 saturated heterocycles. The van der Waals surface area contributed by atoms with Gasteiger partial charge in [-0.25, -0.2) is 12.8 Å². The first-order valence-electron chi connectivity index (χ1n) is 8.88. The summed E-state index contributed by atoms with van der Waals surface area (Å²) in [4.78, 5) is 18.1. The zero-order chi connectivity index (χ0) is 20.4. The summed E-state index contributed by atoms with van der Waals surface area (Å²) in [5, 5.41) is 3.75. The predicted octanol–water partition coefficient (Wildman–Crippen LogP) is 2.02. The molecule has 0 N–H and O–H groups in total. The van der Waals surface area contributed by atoms with Gasteiger partial charge in [0, 0.05) is 44.6 Å². The minimum atomic E-state index is -3.66. The lowest BCUT2D eigenvalue weighted by molar-refractivity contribution is 0.0687. The molecule has 4 rings (SSSR count). The second-order valence-electron chi connectivity index (χ2n) is 6.44. The van der Waals surface area contributed by atoms with Crippen LogP contribution in [0.15, 0.2) is 64.3 Å². The molecule has 150 valence electrons. The molecule has 0 unspecified atom stereocenters. The van der Waals surface area contributed by atoms with Crippen molar-refractivity contribution < 1.29 is 22.1 Å². The van der Waals surface area contributed by atoms with Crippen LogP contribution < -0.4 is 0 Å². The summed E-state index contributed by atoms with van der Waals surface area (Å²) < 4.78 is 45.6. The maximum atomic E-state index is 13.9. The van der Waals surface area contributed by atoms with Crippen LogP contribution in [0, 0.1) is 5.82 Å². The highest BCUT2D eigenvalue weighted by molar-refractivity contribution is 7.89. The van der Waals surface area contributed by atoms with E-state index >= 15 is 0 Å². The quantitative estimate of drug-likeness (QED) is 0.646. The fourth-order valence-corrected chi connectivity index (χ4v) is 4.49. The Hall–Kier alpha value is -3.11. The molecule has 0 aliphatic carbocycles. The van der Waals surface area contributed by atoms with Crippen molar-refractivity contribution in [2.75, 3.05) is 26.2 Å². The summed E-state index contributed by atoms with van der Waals surface area (Å²) in [7, 11) is -3.66. The summed E-state index contributed by atoms with van der Waals surface area (Å²) in [6.45, 7) is 0.725. The third kappa shape index (κ3) is 3.76. The molecule has 1 aliphatic rings. The van der Waals surface area contributed by atoms with E-state index in [-0.39, 0.29) is 48.1 Å². The number of carbonyl (C=O) groups excluding carboxylic acids is 1. The highest BCUT2D eigenvalue weighted by atomic mass is 32.2. The lowest BCUT2D eigenvalue weighted by Crippen LogP contribution is -2.50. The molecule has 0 atom stereocenters. The van der Waals surface area contributed by atoms with Crippen molar-refractivity contribution in [2.24, 2.45) is 0 Å². The average molecular weight is 416 g/mol. The summed E-state index contributed by atoms with van der Waals surface area (Å²) >= 11 is 0. The number of nitrogens with zero attached hydrogens (tertiary/aromatic N) is 4. The smallest absolute Gasteiger partial charge is 0.276 e. The number of piperazine rings is 1. The molecule has 10 heteroatoms. The predicted molar refractivity (Wildman–Crippen MR) is 101 cm³/mol. The molecule has 3 aromatic rings. The van der Waals surface area contributed by atoms with Gasteiger partial charge in [0.05, 0.1) is 5.56 Å². The fourth-order valence-electron chi connectivity index (χ4n) is 3.11. The number of halogens is 1. The van der Waals surface area contributed by atoms with Crippen molar-refractivity contribution in [2.45, 2.75) is 4.90 Å². The van der Waals surface area contributed by atoms with E-state index < -0.39 is 21.7 Å². The Kier molecular flexibility index (Phi) is 5.12. The molecule has 1 aromatic carbocycles. The molecule has 1 fully saturated rings. The molecular weight excluding hydrogens is 399 g/mol. The van der Waals surface area contributed by atoms with Crippen LogP contribution in [-0.2, 0) is 10.0 Å². The summed E-state index contributed by atoms with van der Waals surface area (Å²) in [5.41, 5.74) is 0.262. The molecule has 3 heterocycles. The zero-order valence-corrected chi connectivity index (χ0v) is 16.0. The van der Waals surface area contributed by atoms with Crippen LogP contribution in [0.1, 0.15) is 10.5 Å². The summed E-state index contributed by atoms with van der Waals surface area (Å²) in [6, 6.07) is 10.5. The van der Waals surface area contributed by atoms with Gasteiger partial charge in [0.2, 0.25) is 10.0 Å². The number of aromatic nitrogens is 2. The van der Waals surface area contributed by atoms with Gasteiger partial charge in [-0.05, 0) is 24.3 Å². The van der Waals surface area contributed by atoms with Crippen LogP contribution in [0.3, 0.4) is 0 Å². The van der Waals surface area contributed by atoms with Crippen LogP contribution in [-0.4, -0.2) is 59.8 Å². The largest absolute Gasteiger partial charge is 0.355 e. The lowest BCUT2D eigenvalue weighted by Gasteiger charge is -2.33. The molecular formula is C19H17FN4O4S. The lowest BCUT2D eigenvalue weighted by atomic mass is 10.1. The van der Waals surface area contributed by atoms with Crippen LogP contribution in [0.5, 0.6) is 0 Å². The fraction of sp³-hybridized carbons (Fsp3) is 0.211. The number of rotatable bonds is 4. The maximum absolute atomic E-state index is 13.9. The first-order chi connectivity index (χ1) is 14.0. The molecule has 0 spiro atoms. The van der Waals surface area contributed by atoms with E-state index in [1.165, 1.54) is 45.9 Å². The van der Waals surface area contributed by atoms with E-state index in [2.05, 4.69) is 10.1 Å². The van der Waals surface area contributed by atoms with E-state index in [1.54, 1.807) is 18.2 Å². The third-order valence-corrected chi connectivity index (χ3v) is 6.55. The third-order valence-electron chi connectivity index (χ3n) is 4.67. The van der Waals surface area contributed by atoms with Crippen molar-refractivity contribution >= 4 is 15.9 Å². The number of sulfonamides is 1. The van der Waals surface area contributed by atoms with Crippen molar-refractivity contribution in [3.63, 3.8) is 0 Å². The highest BCUT2D eigenvalue weighted by Crippen LogP contribution is 2.24. The van der Waals surface area contributed by atoms with E-state index in [1.807, 2.05) is 0 Å². The van der Waals surface area contributed by atoms with Gasteiger partial charge >= 0.3 is 0 Å². The van der Waals surface area contributed by atoms with Gasteiger partial charge in [0.25, 0.3) is 5.91 Å². The van der Waals surface area contributed by atoms with E-state index in [0.29, 0.717) is 0 Å². The Balaban J connectivity index is 1.44. The first-order valence-corrected chi connectivity index (χ1v) is 10.3. The molecule has 29 heavy (non-hydrogen) atoms. The van der Waals surface area contributed by atoms with Crippen molar-refractivity contribution in [3.05, 3.63) is 66.4 Å². The molecule has 2 aromatic heterocycles. The van der Waals surface area contributed by atoms with Crippen molar-refractivity contribution in [1.29, 1.82) is 0 Å². The monoisotopic (exact) mass is 416 g/mol. The topological polar surface area (TPSA) is 96.6 Å². The van der Waals surface area contributed by atoms with Crippen LogP contribution in [0.4, 0.5) is 4.39 Å². The zero-order valence-electron chi connectivity index (χ0n) is 15.2. The normalized spacial score (nSPS) is 15.4. The number of hydrogen-bond donors (Lipinski definition) is 0. The van der Waals surface area contributed by atoms with Gasteiger partial charge in [0.15, 0.2) is 11.5 Å². The Labute approximate surface area is 166 Å². The van der Waals surface area contributed by atoms with Gasteiger partial charge in [-0.3, -0.25) is 9.78 Å². The highest BCUT2D eigenvalue weighted by Gasteiger charge is 2.31. The van der Waals surface area contributed by atoms with E-state index in [9.17, 15) is 17.6 Å². The number of amides is 1.